The average Bonchev–Trinajstić information content (AvgIpc) is 2.05. The van der Waals surface area contributed by atoms with Crippen molar-refractivity contribution in [3.63, 3.8) is 0 Å². The summed E-state index contributed by atoms with van der Waals surface area (Å²) in [7, 11) is 1.26. The van der Waals surface area contributed by atoms with Crippen LogP contribution in [0.3, 0.4) is 0 Å². The first-order valence-corrected chi connectivity index (χ1v) is 2.53. The Bertz CT molecular complexity index is 274. The Morgan fingerprint density at radius 1 is 1.25 bits per heavy atom. The van der Waals surface area contributed by atoms with Gasteiger partial charge in [-0.3, -0.25) is 5.32 Å². The quantitative estimate of drug-likeness (QED) is 0.196. The van der Waals surface area contributed by atoms with Gasteiger partial charge in [-0.25, -0.2) is 0 Å². The molecule has 0 heterocycles. The van der Waals surface area contributed by atoms with E-state index in [2.05, 4.69) is 10.1 Å². The molecule has 0 atom stereocenters. The zero-order valence-electron chi connectivity index (χ0n) is 5.75. The summed E-state index contributed by atoms with van der Waals surface area (Å²) in [5, 5.41) is 26.8. The number of allylic oxidation sites excluding steroid dienone is 1. The Balaban J connectivity index is 0. The zero-order valence-corrected chi connectivity index (χ0v) is 5.75. The van der Waals surface area contributed by atoms with Crippen LogP contribution in [0.25, 0.3) is 0 Å². The van der Waals surface area contributed by atoms with Crippen molar-refractivity contribution in [2.45, 2.75) is 0 Å². The number of nitriles is 3. The molecule has 0 saturated heterocycles. The third kappa shape index (κ3) is 3.85. The van der Waals surface area contributed by atoms with Crippen molar-refractivity contribution >= 4 is 29.6 Å². The zero-order chi connectivity index (χ0) is 8.69. The number of rotatable bonds is 2. The summed E-state index contributed by atoms with van der Waals surface area (Å²) in [6.45, 7) is 0. The SMILES string of the molecule is COC(NC#N)=C(C#N)C#N.[NaH]. The van der Waals surface area contributed by atoms with Gasteiger partial charge in [-0.1, -0.05) is 0 Å². The average molecular weight is 172 g/mol. The molecular weight excluding hydrogens is 167 g/mol. The van der Waals surface area contributed by atoms with Crippen LogP contribution in [0.1, 0.15) is 0 Å². The van der Waals surface area contributed by atoms with E-state index in [1.807, 2.05) is 0 Å². The molecule has 6 heteroatoms. The van der Waals surface area contributed by atoms with Gasteiger partial charge >= 0.3 is 29.6 Å². The number of nitrogens with one attached hydrogen (secondary N) is 1. The summed E-state index contributed by atoms with van der Waals surface area (Å²) in [5.74, 6) is -0.127. The monoisotopic (exact) mass is 172 g/mol. The van der Waals surface area contributed by atoms with Crippen molar-refractivity contribution in [3.8, 4) is 18.3 Å². The predicted molar refractivity (Wildman–Crippen MR) is 41.2 cm³/mol. The van der Waals surface area contributed by atoms with Crippen LogP contribution in [0.4, 0.5) is 0 Å². The molecule has 1 N–H and O–H groups in total. The van der Waals surface area contributed by atoms with Crippen LogP contribution in [0.5, 0.6) is 0 Å². The summed E-state index contributed by atoms with van der Waals surface area (Å²) in [6.07, 6.45) is 1.53. The third-order valence-electron chi connectivity index (χ3n) is 0.824. The van der Waals surface area contributed by atoms with E-state index in [0.29, 0.717) is 0 Å². The number of hydrogen-bond acceptors (Lipinski definition) is 5. The van der Waals surface area contributed by atoms with Gasteiger partial charge in [0.25, 0.3) is 0 Å². The van der Waals surface area contributed by atoms with Gasteiger partial charge in [0.15, 0.2) is 11.8 Å². The minimum absolute atomic E-state index is 0. The second-order valence-electron chi connectivity index (χ2n) is 1.37. The number of methoxy groups -OCH3 is 1. The minimum atomic E-state index is -0.256. The van der Waals surface area contributed by atoms with Crippen LogP contribution < -0.4 is 5.32 Å². The Labute approximate surface area is 92.1 Å². The number of ether oxygens (including phenoxy) is 1. The Kier molecular flexibility index (Phi) is 8.84. The molecule has 0 aromatic carbocycles. The van der Waals surface area contributed by atoms with Crippen LogP contribution in [0, 0.1) is 34.1 Å². The summed E-state index contributed by atoms with van der Waals surface area (Å²) >= 11 is 0. The molecule has 0 saturated carbocycles. The maximum absolute atomic E-state index is 8.29. The number of nitrogens with zero attached hydrogens (tertiary/aromatic N) is 3. The fraction of sp³-hybridized carbons (Fsp3) is 0.167. The van der Waals surface area contributed by atoms with Gasteiger partial charge in [0.05, 0.1) is 7.11 Å². The topological polar surface area (TPSA) is 92.6 Å². The van der Waals surface area contributed by atoms with E-state index >= 15 is 0 Å². The van der Waals surface area contributed by atoms with Gasteiger partial charge in [-0.15, -0.1) is 0 Å². The summed E-state index contributed by atoms with van der Waals surface area (Å²) in [5.41, 5.74) is -0.256. The van der Waals surface area contributed by atoms with Crippen molar-refractivity contribution < 1.29 is 4.74 Å². The van der Waals surface area contributed by atoms with Gasteiger partial charge in [-0.2, -0.15) is 15.8 Å². The van der Waals surface area contributed by atoms with Gasteiger partial charge in [0.1, 0.15) is 12.1 Å². The molecule has 0 aliphatic carbocycles. The Morgan fingerprint density at radius 3 is 2.00 bits per heavy atom. The summed E-state index contributed by atoms with van der Waals surface area (Å²) in [6, 6.07) is 3.13. The molecule has 0 aromatic rings. The second-order valence-corrected chi connectivity index (χ2v) is 1.37. The molecule has 5 nitrogen and oxygen atoms in total. The van der Waals surface area contributed by atoms with Gasteiger partial charge < -0.3 is 4.74 Å². The molecule has 0 aliphatic heterocycles. The van der Waals surface area contributed by atoms with Crippen LogP contribution in [0.2, 0.25) is 0 Å². The van der Waals surface area contributed by atoms with Crippen molar-refractivity contribution in [3.05, 3.63) is 11.5 Å². The predicted octanol–water partition coefficient (Wildman–Crippen LogP) is -0.686. The fourth-order valence-electron chi connectivity index (χ4n) is 0.393. The van der Waals surface area contributed by atoms with Crippen LogP contribution >= 0.6 is 0 Å². The molecule has 56 valence electrons. The molecular formula is C6H5N4NaO. The van der Waals surface area contributed by atoms with E-state index < -0.39 is 0 Å². The molecule has 0 aromatic heterocycles. The van der Waals surface area contributed by atoms with Gasteiger partial charge in [-0.05, 0) is 0 Å². The van der Waals surface area contributed by atoms with Crippen molar-refractivity contribution in [1.82, 2.24) is 5.32 Å². The first kappa shape index (κ1) is 13.4. The molecule has 0 amide bonds. The molecule has 0 rings (SSSR count). The van der Waals surface area contributed by atoms with E-state index in [1.165, 1.54) is 13.3 Å². The van der Waals surface area contributed by atoms with E-state index in [0.717, 1.165) is 0 Å². The molecule has 0 radical (unpaired) electrons. The number of hydrogen-bond donors (Lipinski definition) is 1. The van der Waals surface area contributed by atoms with Gasteiger partial charge in [0, 0.05) is 0 Å². The standard InChI is InChI=1S/C6H4N4O.Na.H/c1-11-6(10-4-9)5(2-7)3-8;;/h10H,1H3;;. The third-order valence-corrected chi connectivity index (χ3v) is 0.824. The fourth-order valence-corrected chi connectivity index (χ4v) is 0.393. The van der Waals surface area contributed by atoms with Crippen molar-refractivity contribution in [2.75, 3.05) is 7.11 Å². The normalized spacial score (nSPS) is 5.83. The van der Waals surface area contributed by atoms with Crippen LogP contribution in [0.15, 0.2) is 11.5 Å². The van der Waals surface area contributed by atoms with Gasteiger partial charge in [0.2, 0.25) is 5.88 Å². The molecule has 0 fully saturated rings. The first-order chi connectivity index (χ1) is 5.29. The summed E-state index contributed by atoms with van der Waals surface area (Å²) < 4.78 is 4.54. The van der Waals surface area contributed by atoms with Crippen molar-refractivity contribution in [1.29, 1.82) is 15.8 Å². The molecule has 12 heavy (non-hydrogen) atoms. The van der Waals surface area contributed by atoms with Crippen molar-refractivity contribution in [2.24, 2.45) is 0 Å². The van der Waals surface area contributed by atoms with Crippen LogP contribution in [-0.2, 0) is 4.74 Å². The molecule has 0 spiro atoms. The maximum atomic E-state index is 8.29. The summed E-state index contributed by atoms with van der Waals surface area (Å²) in [4.78, 5) is 0. The van der Waals surface area contributed by atoms with E-state index in [1.54, 1.807) is 12.1 Å². The van der Waals surface area contributed by atoms with E-state index in [4.69, 9.17) is 15.8 Å². The second kappa shape index (κ2) is 7.91. The first-order valence-electron chi connectivity index (χ1n) is 2.53. The van der Waals surface area contributed by atoms with E-state index in [-0.39, 0.29) is 41.0 Å². The Morgan fingerprint density at radius 2 is 1.75 bits per heavy atom. The molecule has 0 aliphatic rings. The molecule has 0 bridgehead atoms. The van der Waals surface area contributed by atoms with E-state index in [9.17, 15) is 0 Å². The Hall–Kier alpha value is -1.19. The van der Waals surface area contributed by atoms with Crippen LogP contribution in [-0.4, -0.2) is 36.7 Å². The molecule has 0 unspecified atom stereocenters.